The summed E-state index contributed by atoms with van der Waals surface area (Å²) in [6.45, 7) is 4.68. The number of hydrogen-bond donors (Lipinski definition) is 1. The average Bonchev–Trinajstić information content (AvgIpc) is 2.70. The number of carbonyl (C=O) groups is 1. The van der Waals surface area contributed by atoms with Gasteiger partial charge in [0.25, 0.3) is 0 Å². The predicted molar refractivity (Wildman–Crippen MR) is 80.8 cm³/mol. The fraction of sp³-hybridized carbons (Fsp3) is 0.667. The summed E-state index contributed by atoms with van der Waals surface area (Å²) in [6, 6.07) is 0. The molecule has 1 N–H and O–H groups in total. The Bertz CT molecular complexity index is 513. The summed E-state index contributed by atoms with van der Waals surface area (Å²) in [7, 11) is 0. The molecule has 22 heavy (non-hydrogen) atoms. The smallest absolute Gasteiger partial charge is 0.317 e. The second-order valence-electron chi connectivity index (χ2n) is 6.25. The van der Waals surface area contributed by atoms with Crippen LogP contribution in [0, 0.1) is 5.41 Å². The zero-order chi connectivity index (χ0) is 15.4. The highest BCUT2D eigenvalue weighted by Crippen LogP contribution is 2.33. The van der Waals surface area contributed by atoms with Crippen molar-refractivity contribution in [3.63, 3.8) is 0 Å². The van der Waals surface area contributed by atoms with E-state index in [1.165, 1.54) is 0 Å². The maximum absolute atomic E-state index is 11.0. The maximum atomic E-state index is 11.0. The Hall–Kier alpha value is -1.73. The number of anilines is 1. The van der Waals surface area contributed by atoms with Crippen molar-refractivity contribution in [2.24, 2.45) is 5.41 Å². The summed E-state index contributed by atoms with van der Waals surface area (Å²) in [5, 5.41) is 9.04. The Kier molecular flexibility index (Phi) is 4.54. The second-order valence-corrected chi connectivity index (χ2v) is 6.25. The third-order valence-electron chi connectivity index (χ3n) is 4.41. The van der Waals surface area contributed by atoms with Crippen molar-refractivity contribution in [3.05, 3.63) is 18.6 Å². The molecular weight excluding hydrogens is 284 g/mol. The largest absolute Gasteiger partial charge is 0.480 e. The number of aliphatic carboxylic acids is 1. The molecule has 1 spiro atoms. The van der Waals surface area contributed by atoms with Crippen molar-refractivity contribution in [1.82, 2.24) is 14.9 Å². The minimum atomic E-state index is -0.766. The average molecular weight is 306 g/mol. The van der Waals surface area contributed by atoms with Crippen LogP contribution in [0.15, 0.2) is 18.6 Å². The van der Waals surface area contributed by atoms with Crippen LogP contribution >= 0.6 is 0 Å². The second kappa shape index (κ2) is 6.58. The van der Waals surface area contributed by atoms with Gasteiger partial charge in [-0.1, -0.05) is 0 Å². The van der Waals surface area contributed by atoms with Gasteiger partial charge in [0.15, 0.2) is 0 Å². The lowest BCUT2D eigenvalue weighted by molar-refractivity contribution is -0.139. The van der Waals surface area contributed by atoms with E-state index >= 15 is 0 Å². The quantitative estimate of drug-likeness (QED) is 0.870. The number of likely N-dealkylation sites (tertiary alicyclic amines) is 1. The van der Waals surface area contributed by atoms with E-state index in [2.05, 4.69) is 14.9 Å². The van der Waals surface area contributed by atoms with Crippen LogP contribution in [0.4, 0.5) is 5.82 Å². The van der Waals surface area contributed by atoms with Crippen LogP contribution in [0.1, 0.15) is 12.8 Å². The fourth-order valence-electron chi connectivity index (χ4n) is 3.53. The standard InChI is InChI=1S/C15H22N4O3/c20-14(21)9-18-5-1-2-15(10-18)11-19(6-7-22-12-15)13-8-16-3-4-17-13/h3-4,8H,1-2,5-7,9-12H2,(H,20,21)/t15-/m1/s1. The lowest BCUT2D eigenvalue weighted by Crippen LogP contribution is -2.51. The van der Waals surface area contributed by atoms with E-state index in [0.717, 1.165) is 44.8 Å². The number of piperidine rings is 1. The molecule has 0 aromatic carbocycles. The third kappa shape index (κ3) is 3.53. The molecule has 7 heteroatoms. The molecule has 0 aliphatic carbocycles. The molecular formula is C15H22N4O3. The van der Waals surface area contributed by atoms with E-state index in [0.29, 0.717) is 13.2 Å². The minimum Gasteiger partial charge on any atom is -0.480 e. The van der Waals surface area contributed by atoms with Gasteiger partial charge in [-0.05, 0) is 19.4 Å². The number of carboxylic acid groups (broad SMARTS) is 1. The highest BCUT2D eigenvalue weighted by atomic mass is 16.5. The first-order valence-corrected chi connectivity index (χ1v) is 7.70. The van der Waals surface area contributed by atoms with Gasteiger partial charge in [0, 0.05) is 37.4 Å². The molecule has 1 atom stereocenters. The first kappa shape index (κ1) is 15.2. The van der Waals surface area contributed by atoms with Crippen LogP contribution in [0.5, 0.6) is 0 Å². The molecule has 2 saturated heterocycles. The monoisotopic (exact) mass is 306 g/mol. The maximum Gasteiger partial charge on any atom is 0.317 e. The fourth-order valence-corrected chi connectivity index (χ4v) is 3.53. The Balaban J connectivity index is 1.75. The number of nitrogens with zero attached hydrogens (tertiary/aromatic N) is 4. The summed E-state index contributed by atoms with van der Waals surface area (Å²) in [5.41, 5.74) is -0.0261. The van der Waals surface area contributed by atoms with E-state index < -0.39 is 5.97 Å². The number of hydrogen-bond acceptors (Lipinski definition) is 6. The van der Waals surface area contributed by atoms with Crippen LogP contribution in [0.25, 0.3) is 0 Å². The normalized spacial score (nSPS) is 26.8. The van der Waals surface area contributed by atoms with Gasteiger partial charge in [-0.2, -0.15) is 0 Å². The van der Waals surface area contributed by atoms with Crippen LogP contribution in [0.3, 0.4) is 0 Å². The molecule has 2 fully saturated rings. The van der Waals surface area contributed by atoms with Crippen LogP contribution < -0.4 is 4.90 Å². The van der Waals surface area contributed by atoms with E-state index in [9.17, 15) is 4.79 Å². The number of aromatic nitrogens is 2. The van der Waals surface area contributed by atoms with Gasteiger partial charge >= 0.3 is 5.97 Å². The molecule has 0 saturated carbocycles. The highest BCUT2D eigenvalue weighted by molar-refractivity contribution is 5.69. The van der Waals surface area contributed by atoms with E-state index in [-0.39, 0.29) is 12.0 Å². The summed E-state index contributed by atoms with van der Waals surface area (Å²) in [6.07, 6.45) is 7.20. The Morgan fingerprint density at radius 3 is 3.05 bits per heavy atom. The van der Waals surface area contributed by atoms with Crippen LogP contribution in [0.2, 0.25) is 0 Å². The van der Waals surface area contributed by atoms with Gasteiger partial charge in [-0.15, -0.1) is 0 Å². The zero-order valence-electron chi connectivity index (χ0n) is 12.6. The van der Waals surface area contributed by atoms with Crippen molar-refractivity contribution >= 4 is 11.8 Å². The first-order valence-electron chi connectivity index (χ1n) is 7.70. The van der Waals surface area contributed by atoms with Gasteiger partial charge in [-0.3, -0.25) is 14.7 Å². The topological polar surface area (TPSA) is 78.8 Å². The Morgan fingerprint density at radius 2 is 2.27 bits per heavy atom. The van der Waals surface area contributed by atoms with E-state index in [4.69, 9.17) is 9.84 Å². The molecule has 1 aromatic heterocycles. The van der Waals surface area contributed by atoms with Crippen LogP contribution in [-0.2, 0) is 9.53 Å². The molecule has 2 aliphatic rings. The molecule has 120 valence electrons. The van der Waals surface area contributed by atoms with E-state index in [1.54, 1.807) is 18.6 Å². The predicted octanol–water partition coefficient (Wildman–Crippen LogP) is 0.480. The van der Waals surface area contributed by atoms with Crippen molar-refractivity contribution in [2.45, 2.75) is 12.8 Å². The van der Waals surface area contributed by atoms with E-state index in [1.807, 2.05) is 4.90 Å². The van der Waals surface area contributed by atoms with Gasteiger partial charge in [0.05, 0.1) is 26.0 Å². The molecule has 2 aliphatic heterocycles. The molecule has 0 radical (unpaired) electrons. The summed E-state index contributed by atoms with van der Waals surface area (Å²) >= 11 is 0. The number of carboxylic acids is 1. The first-order chi connectivity index (χ1) is 10.7. The molecule has 3 heterocycles. The van der Waals surface area contributed by atoms with Gasteiger partial charge in [0.1, 0.15) is 5.82 Å². The summed E-state index contributed by atoms with van der Waals surface area (Å²) in [5.74, 6) is 0.0973. The van der Waals surface area contributed by atoms with Gasteiger partial charge in [0.2, 0.25) is 0 Å². The Morgan fingerprint density at radius 1 is 1.36 bits per heavy atom. The number of rotatable bonds is 3. The third-order valence-corrected chi connectivity index (χ3v) is 4.41. The summed E-state index contributed by atoms with van der Waals surface area (Å²) < 4.78 is 5.83. The van der Waals surface area contributed by atoms with Crippen molar-refractivity contribution < 1.29 is 14.6 Å². The van der Waals surface area contributed by atoms with Gasteiger partial charge in [-0.25, -0.2) is 4.98 Å². The highest BCUT2D eigenvalue weighted by Gasteiger charge is 2.39. The Labute approximate surface area is 129 Å². The molecule has 0 bridgehead atoms. The molecule has 1 aromatic rings. The molecule has 7 nitrogen and oxygen atoms in total. The lowest BCUT2D eigenvalue weighted by Gasteiger charge is -2.43. The number of ether oxygens (including phenoxy) is 1. The van der Waals surface area contributed by atoms with Crippen molar-refractivity contribution in [3.8, 4) is 0 Å². The van der Waals surface area contributed by atoms with Crippen LogP contribution in [-0.4, -0.2) is 71.9 Å². The lowest BCUT2D eigenvalue weighted by atomic mass is 9.80. The summed E-state index contributed by atoms with van der Waals surface area (Å²) in [4.78, 5) is 23.8. The van der Waals surface area contributed by atoms with Gasteiger partial charge < -0.3 is 14.7 Å². The SMILES string of the molecule is O=C(O)CN1CCC[C@@]2(COCCN(c3cnccn3)C2)C1. The zero-order valence-corrected chi connectivity index (χ0v) is 12.6. The molecule has 3 rings (SSSR count). The molecule has 0 unspecified atom stereocenters. The van der Waals surface area contributed by atoms with Crippen molar-refractivity contribution in [2.75, 3.05) is 50.8 Å². The molecule has 0 amide bonds. The minimum absolute atomic E-state index is 0.0261. The van der Waals surface area contributed by atoms with Crippen molar-refractivity contribution in [1.29, 1.82) is 0 Å².